The number of para-hydroxylation sites is 1. The lowest BCUT2D eigenvalue weighted by Gasteiger charge is -1.99. The Labute approximate surface area is 116 Å². The van der Waals surface area contributed by atoms with Gasteiger partial charge in [0.1, 0.15) is 5.02 Å². The molecule has 2 aromatic carbocycles. The van der Waals surface area contributed by atoms with Crippen molar-refractivity contribution in [2.75, 3.05) is 0 Å². The van der Waals surface area contributed by atoms with E-state index in [4.69, 9.17) is 11.6 Å². The van der Waals surface area contributed by atoms with Crippen molar-refractivity contribution in [3.8, 4) is 0 Å². The second kappa shape index (κ2) is 4.17. The number of hydrogen-bond acceptors (Lipinski definition) is 4. The summed E-state index contributed by atoms with van der Waals surface area (Å²) in [5.41, 5.74) is -0.280. The maximum Gasteiger partial charge on any atom is 0.366 e. The molecule has 0 bridgehead atoms. The molecule has 1 aromatic heterocycles. The number of nitro groups is 2. The van der Waals surface area contributed by atoms with Crippen LogP contribution >= 0.6 is 11.6 Å². The van der Waals surface area contributed by atoms with Crippen molar-refractivity contribution in [1.29, 1.82) is 0 Å². The van der Waals surface area contributed by atoms with E-state index in [2.05, 4.69) is 4.98 Å². The fraction of sp³-hybridized carbons (Fsp3) is 0. The van der Waals surface area contributed by atoms with E-state index in [9.17, 15) is 20.2 Å². The number of nitro benzene ring substituents is 2. The number of nitrogens with one attached hydrogen (secondary N) is 1. The average Bonchev–Trinajstić information content (AvgIpc) is 2.77. The minimum atomic E-state index is -0.842. The standard InChI is InChI=1S/C12H6ClN3O4/c13-10-11-7(6-3-1-2-4-8(6)14-11)5-9(15(17)18)12(10)16(19)20/h1-5,14H. The molecular weight excluding hydrogens is 286 g/mol. The van der Waals surface area contributed by atoms with Crippen LogP contribution in [-0.2, 0) is 0 Å². The van der Waals surface area contributed by atoms with E-state index < -0.39 is 21.2 Å². The van der Waals surface area contributed by atoms with Gasteiger partial charge in [-0.25, -0.2) is 0 Å². The third-order valence-electron chi connectivity index (χ3n) is 3.08. The molecule has 0 saturated heterocycles. The molecule has 0 saturated carbocycles. The predicted octanol–water partition coefficient (Wildman–Crippen LogP) is 3.79. The monoisotopic (exact) mass is 291 g/mol. The minimum Gasteiger partial charge on any atom is -0.353 e. The van der Waals surface area contributed by atoms with Gasteiger partial charge in [0.25, 0.3) is 0 Å². The smallest absolute Gasteiger partial charge is 0.353 e. The number of aromatic amines is 1. The highest BCUT2D eigenvalue weighted by Crippen LogP contribution is 2.42. The Hall–Kier alpha value is -2.67. The number of H-pyrrole nitrogens is 1. The summed E-state index contributed by atoms with van der Waals surface area (Å²) in [6.45, 7) is 0. The molecular formula is C12H6ClN3O4. The minimum absolute atomic E-state index is 0.254. The van der Waals surface area contributed by atoms with Crippen molar-refractivity contribution in [1.82, 2.24) is 4.98 Å². The lowest BCUT2D eigenvalue weighted by Crippen LogP contribution is -1.97. The van der Waals surface area contributed by atoms with Crippen LogP contribution in [0.5, 0.6) is 0 Å². The maximum atomic E-state index is 11.0. The Morgan fingerprint density at radius 2 is 1.75 bits per heavy atom. The third kappa shape index (κ3) is 1.60. The molecule has 1 N–H and O–H groups in total. The topological polar surface area (TPSA) is 102 Å². The van der Waals surface area contributed by atoms with Crippen molar-refractivity contribution in [3.05, 3.63) is 55.6 Å². The zero-order valence-corrected chi connectivity index (χ0v) is 10.5. The van der Waals surface area contributed by atoms with Gasteiger partial charge in [-0.3, -0.25) is 20.2 Å². The number of hydrogen-bond donors (Lipinski definition) is 1. The summed E-state index contributed by atoms with van der Waals surface area (Å²) in [4.78, 5) is 23.3. The molecule has 1 heterocycles. The SMILES string of the molecule is O=[N+]([O-])c1cc2c([nH]c3ccccc32)c(Cl)c1[N+](=O)[O-]. The lowest BCUT2D eigenvalue weighted by molar-refractivity contribution is -0.422. The molecule has 0 aliphatic carbocycles. The number of halogens is 1. The Morgan fingerprint density at radius 3 is 2.40 bits per heavy atom. The number of aromatic nitrogens is 1. The normalized spacial score (nSPS) is 11.1. The largest absolute Gasteiger partial charge is 0.366 e. The van der Waals surface area contributed by atoms with Gasteiger partial charge in [0.05, 0.1) is 15.4 Å². The van der Waals surface area contributed by atoms with Gasteiger partial charge >= 0.3 is 11.4 Å². The molecule has 0 radical (unpaired) electrons. The van der Waals surface area contributed by atoms with Crippen LogP contribution in [0.15, 0.2) is 30.3 Å². The van der Waals surface area contributed by atoms with Gasteiger partial charge in [-0.1, -0.05) is 29.8 Å². The van der Waals surface area contributed by atoms with Gasteiger partial charge < -0.3 is 4.98 Å². The second-order valence-corrected chi connectivity index (χ2v) is 4.54. The van der Waals surface area contributed by atoms with Gasteiger partial charge in [-0.05, 0) is 6.07 Å². The maximum absolute atomic E-state index is 11.0. The third-order valence-corrected chi connectivity index (χ3v) is 3.44. The van der Waals surface area contributed by atoms with Crippen LogP contribution < -0.4 is 0 Å². The summed E-state index contributed by atoms with van der Waals surface area (Å²) in [6.07, 6.45) is 0. The molecule has 0 unspecified atom stereocenters. The van der Waals surface area contributed by atoms with Crippen molar-refractivity contribution < 1.29 is 9.85 Å². The van der Waals surface area contributed by atoms with E-state index in [1.807, 2.05) is 0 Å². The first-order valence-corrected chi connectivity index (χ1v) is 5.90. The van der Waals surface area contributed by atoms with Gasteiger partial charge in [0.2, 0.25) is 0 Å². The Kier molecular flexibility index (Phi) is 2.58. The molecule has 0 amide bonds. The first kappa shape index (κ1) is 12.4. The van der Waals surface area contributed by atoms with Crippen molar-refractivity contribution in [2.45, 2.75) is 0 Å². The molecule has 0 spiro atoms. The van der Waals surface area contributed by atoms with Gasteiger partial charge in [-0.15, -0.1) is 0 Å². The Balaban J connectivity index is 2.55. The van der Waals surface area contributed by atoms with Gasteiger partial charge in [0, 0.05) is 22.4 Å². The molecule has 7 nitrogen and oxygen atoms in total. The highest BCUT2D eigenvalue weighted by Gasteiger charge is 2.31. The van der Waals surface area contributed by atoms with Crippen LogP contribution in [0.3, 0.4) is 0 Å². The lowest BCUT2D eigenvalue weighted by atomic mass is 10.1. The van der Waals surface area contributed by atoms with Gasteiger partial charge in [-0.2, -0.15) is 0 Å². The molecule has 0 atom stereocenters. The van der Waals surface area contributed by atoms with Crippen molar-refractivity contribution in [3.63, 3.8) is 0 Å². The summed E-state index contributed by atoms with van der Waals surface area (Å²) in [6, 6.07) is 8.27. The molecule has 8 heteroatoms. The van der Waals surface area contributed by atoms with Crippen LogP contribution in [0.2, 0.25) is 5.02 Å². The van der Waals surface area contributed by atoms with E-state index in [1.165, 1.54) is 6.07 Å². The Bertz CT molecular complexity index is 887. The molecule has 0 fully saturated rings. The summed E-state index contributed by atoms with van der Waals surface area (Å²) >= 11 is 5.98. The molecule has 0 aliphatic heterocycles. The van der Waals surface area contributed by atoms with E-state index in [-0.39, 0.29) is 5.02 Å². The summed E-state index contributed by atoms with van der Waals surface area (Å²) in [5.74, 6) is 0. The fourth-order valence-electron chi connectivity index (χ4n) is 2.24. The fourth-order valence-corrected chi connectivity index (χ4v) is 2.55. The summed E-state index contributed by atoms with van der Waals surface area (Å²) < 4.78 is 0. The molecule has 0 aliphatic rings. The summed E-state index contributed by atoms with van der Waals surface area (Å²) in [7, 11) is 0. The van der Waals surface area contributed by atoms with Crippen LogP contribution in [0.4, 0.5) is 11.4 Å². The second-order valence-electron chi connectivity index (χ2n) is 4.17. The van der Waals surface area contributed by atoms with Gasteiger partial charge in [0.15, 0.2) is 0 Å². The zero-order chi connectivity index (χ0) is 14.4. The summed E-state index contributed by atoms with van der Waals surface area (Å²) in [5, 5.41) is 23.0. The van der Waals surface area contributed by atoms with Crippen LogP contribution in [0, 0.1) is 20.2 Å². The van der Waals surface area contributed by atoms with E-state index >= 15 is 0 Å². The van der Waals surface area contributed by atoms with Crippen LogP contribution in [-0.4, -0.2) is 14.8 Å². The van der Waals surface area contributed by atoms with Crippen LogP contribution in [0.25, 0.3) is 21.8 Å². The highest BCUT2D eigenvalue weighted by atomic mass is 35.5. The van der Waals surface area contributed by atoms with Crippen molar-refractivity contribution in [2.24, 2.45) is 0 Å². The zero-order valence-electron chi connectivity index (χ0n) is 9.79. The van der Waals surface area contributed by atoms with Crippen LogP contribution in [0.1, 0.15) is 0 Å². The molecule has 20 heavy (non-hydrogen) atoms. The molecule has 3 aromatic rings. The quantitative estimate of drug-likeness (QED) is 0.573. The number of nitrogens with zero attached hydrogens (tertiary/aromatic N) is 2. The Morgan fingerprint density at radius 1 is 1.05 bits per heavy atom. The first-order chi connectivity index (χ1) is 9.50. The number of fused-ring (bicyclic) bond motifs is 3. The highest BCUT2D eigenvalue weighted by molar-refractivity contribution is 6.39. The first-order valence-electron chi connectivity index (χ1n) is 5.52. The predicted molar refractivity (Wildman–Crippen MR) is 74.1 cm³/mol. The number of benzene rings is 2. The van der Waals surface area contributed by atoms with E-state index in [0.29, 0.717) is 16.4 Å². The van der Waals surface area contributed by atoms with E-state index in [0.717, 1.165) is 5.39 Å². The number of rotatable bonds is 2. The molecule has 100 valence electrons. The average molecular weight is 292 g/mol. The molecule has 3 rings (SSSR count). The van der Waals surface area contributed by atoms with E-state index in [1.54, 1.807) is 24.3 Å². The van der Waals surface area contributed by atoms with Crippen molar-refractivity contribution >= 4 is 44.8 Å².